The van der Waals surface area contributed by atoms with Crippen molar-refractivity contribution < 1.29 is 14.7 Å². The maximum Gasteiger partial charge on any atom is 0.320 e. The zero-order valence-electron chi connectivity index (χ0n) is 18.7. The van der Waals surface area contributed by atoms with Gasteiger partial charge in [0, 0.05) is 6.42 Å². The highest BCUT2D eigenvalue weighted by molar-refractivity contribution is 5.81. The second kappa shape index (κ2) is 21.4. The number of Topliss-reactive ketones (excluding diaryl/α,β-unsaturated/α-hetero) is 1. The molecule has 0 aliphatic carbocycles. The van der Waals surface area contributed by atoms with Crippen molar-refractivity contribution in [2.24, 2.45) is 0 Å². The number of carboxylic acids is 1. The lowest BCUT2D eigenvalue weighted by atomic mass is 10.1. The SMILES string of the molecule is CCCCCCCCCCCC(=O)CN[C@@H](C)C(=O)O.CCN(CC)CC. The van der Waals surface area contributed by atoms with Crippen LogP contribution < -0.4 is 5.32 Å². The molecule has 0 heterocycles. The van der Waals surface area contributed by atoms with E-state index in [0.717, 1.165) is 12.8 Å². The lowest BCUT2D eigenvalue weighted by Crippen LogP contribution is -2.37. The summed E-state index contributed by atoms with van der Waals surface area (Å²) in [7, 11) is 0. The van der Waals surface area contributed by atoms with Crippen LogP contribution in [0.1, 0.15) is 98.8 Å². The second-order valence-corrected chi connectivity index (χ2v) is 7.18. The second-order valence-electron chi connectivity index (χ2n) is 7.18. The first-order chi connectivity index (χ1) is 12.9. The summed E-state index contributed by atoms with van der Waals surface area (Å²) in [4.78, 5) is 24.5. The van der Waals surface area contributed by atoms with E-state index in [0.29, 0.717) is 6.42 Å². The molecule has 0 radical (unpaired) electrons. The molecule has 0 aromatic heterocycles. The number of nitrogens with one attached hydrogen (secondary N) is 1. The van der Waals surface area contributed by atoms with E-state index in [1.165, 1.54) is 64.6 Å². The van der Waals surface area contributed by atoms with Crippen LogP contribution in [0.25, 0.3) is 0 Å². The highest BCUT2D eigenvalue weighted by atomic mass is 16.4. The zero-order valence-corrected chi connectivity index (χ0v) is 18.7. The number of carbonyl (C=O) groups is 2. The maximum atomic E-state index is 11.5. The topological polar surface area (TPSA) is 69.6 Å². The molecule has 162 valence electrons. The van der Waals surface area contributed by atoms with Crippen LogP contribution in [-0.4, -0.2) is 54.0 Å². The fourth-order valence-corrected chi connectivity index (χ4v) is 2.75. The van der Waals surface area contributed by atoms with E-state index in [9.17, 15) is 9.59 Å². The summed E-state index contributed by atoms with van der Waals surface area (Å²) < 4.78 is 0. The van der Waals surface area contributed by atoms with Crippen LogP contribution in [-0.2, 0) is 9.59 Å². The van der Waals surface area contributed by atoms with Crippen molar-refractivity contribution in [1.29, 1.82) is 0 Å². The van der Waals surface area contributed by atoms with Gasteiger partial charge in [0.2, 0.25) is 0 Å². The van der Waals surface area contributed by atoms with Crippen molar-refractivity contribution in [3.63, 3.8) is 0 Å². The predicted octanol–water partition coefficient (Wildman–Crippen LogP) is 4.89. The maximum absolute atomic E-state index is 11.5. The molecule has 2 N–H and O–H groups in total. The molecule has 0 aliphatic rings. The van der Waals surface area contributed by atoms with Gasteiger partial charge in [-0.1, -0.05) is 79.1 Å². The zero-order chi connectivity index (χ0) is 20.9. The lowest BCUT2D eigenvalue weighted by Gasteiger charge is -2.13. The molecule has 27 heavy (non-hydrogen) atoms. The van der Waals surface area contributed by atoms with E-state index >= 15 is 0 Å². The molecule has 5 nitrogen and oxygen atoms in total. The molecule has 0 fully saturated rings. The van der Waals surface area contributed by atoms with E-state index in [1.807, 2.05) is 0 Å². The number of rotatable bonds is 17. The Labute approximate surface area is 168 Å². The molecule has 0 spiro atoms. The Morgan fingerprint density at radius 3 is 1.63 bits per heavy atom. The molecule has 1 atom stereocenters. The van der Waals surface area contributed by atoms with Gasteiger partial charge < -0.3 is 10.0 Å². The van der Waals surface area contributed by atoms with Crippen LogP contribution in [0.4, 0.5) is 0 Å². The van der Waals surface area contributed by atoms with Gasteiger partial charge in [-0.25, -0.2) is 0 Å². The quantitative estimate of drug-likeness (QED) is 0.348. The molecule has 0 aromatic carbocycles. The highest BCUT2D eigenvalue weighted by Crippen LogP contribution is 2.10. The van der Waals surface area contributed by atoms with Gasteiger partial charge in [-0.3, -0.25) is 14.9 Å². The summed E-state index contributed by atoms with van der Waals surface area (Å²) in [6.07, 6.45) is 11.7. The minimum absolute atomic E-state index is 0.112. The van der Waals surface area contributed by atoms with E-state index in [4.69, 9.17) is 5.11 Å². The number of ketones is 1. The average Bonchev–Trinajstić information content (AvgIpc) is 2.66. The fourth-order valence-electron chi connectivity index (χ4n) is 2.75. The smallest absolute Gasteiger partial charge is 0.320 e. The van der Waals surface area contributed by atoms with Gasteiger partial charge in [-0.05, 0) is 33.0 Å². The van der Waals surface area contributed by atoms with Crippen LogP contribution >= 0.6 is 0 Å². The lowest BCUT2D eigenvalue weighted by molar-refractivity contribution is -0.139. The third-order valence-corrected chi connectivity index (χ3v) is 4.88. The first-order valence-electron chi connectivity index (χ1n) is 11.1. The Kier molecular flexibility index (Phi) is 22.4. The predicted molar refractivity (Wildman–Crippen MR) is 115 cm³/mol. The number of aliphatic carboxylic acids is 1. The fraction of sp³-hybridized carbons (Fsp3) is 0.909. The van der Waals surface area contributed by atoms with Gasteiger partial charge in [0.25, 0.3) is 0 Å². The van der Waals surface area contributed by atoms with Gasteiger partial charge >= 0.3 is 5.97 Å². The molecule has 0 saturated heterocycles. The molecule has 0 aromatic rings. The van der Waals surface area contributed by atoms with Crippen LogP contribution in [0.3, 0.4) is 0 Å². The van der Waals surface area contributed by atoms with Crippen LogP contribution in [0.5, 0.6) is 0 Å². The van der Waals surface area contributed by atoms with Crippen LogP contribution in [0.2, 0.25) is 0 Å². The van der Waals surface area contributed by atoms with Crippen molar-refractivity contribution >= 4 is 11.8 Å². The Hall–Kier alpha value is -0.940. The average molecular weight is 387 g/mol. The summed E-state index contributed by atoms with van der Waals surface area (Å²) in [5.74, 6) is -0.804. The number of hydrogen-bond acceptors (Lipinski definition) is 4. The molecular formula is C22H46N2O3. The van der Waals surface area contributed by atoms with E-state index in [-0.39, 0.29) is 12.3 Å². The Bertz CT molecular complexity index is 339. The van der Waals surface area contributed by atoms with Crippen LogP contribution in [0.15, 0.2) is 0 Å². The summed E-state index contributed by atoms with van der Waals surface area (Å²) in [5, 5.41) is 11.4. The highest BCUT2D eigenvalue weighted by Gasteiger charge is 2.11. The molecule has 0 bridgehead atoms. The Morgan fingerprint density at radius 2 is 1.26 bits per heavy atom. The van der Waals surface area contributed by atoms with Crippen molar-refractivity contribution in [3.05, 3.63) is 0 Å². The van der Waals surface area contributed by atoms with Gasteiger partial charge in [-0.2, -0.15) is 0 Å². The van der Waals surface area contributed by atoms with Gasteiger partial charge in [0.15, 0.2) is 0 Å². The molecular weight excluding hydrogens is 340 g/mol. The summed E-state index contributed by atoms with van der Waals surface area (Å²) >= 11 is 0. The monoisotopic (exact) mass is 386 g/mol. The van der Waals surface area contributed by atoms with Gasteiger partial charge in [0.05, 0.1) is 6.54 Å². The Balaban J connectivity index is 0. The molecule has 0 rings (SSSR count). The van der Waals surface area contributed by atoms with Gasteiger partial charge in [0.1, 0.15) is 11.8 Å². The van der Waals surface area contributed by atoms with E-state index in [2.05, 4.69) is 37.9 Å². The molecule has 0 saturated carbocycles. The third-order valence-electron chi connectivity index (χ3n) is 4.88. The number of hydrogen-bond donors (Lipinski definition) is 2. The summed E-state index contributed by atoms with van der Waals surface area (Å²) in [6.45, 7) is 14.1. The van der Waals surface area contributed by atoms with E-state index in [1.54, 1.807) is 6.92 Å². The number of carboxylic acid groups (broad SMARTS) is 1. The van der Waals surface area contributed by atoms with Crippen molar-refractivity contribution in [2.75, 3.05) is 26.2 Å². The molecule has 0 amide bonds. The first kappa shape index (κ1) is 28.3. The number of unbranched alkanes of at least 4 members (excludes halogenated alkanes) is 8. The largest absolute Gasteiger partial charge is 0.480 e. The third kappa shape index (κ3) is 21.2. The minimum Gasteiger partial charge on any atom is -0.480 e. The summed E-state index contributed by atoms with van der Waals surface area (Å²) in [5.41, 5.74) is 0. The molecule has 0 unspecified atom stereocenters. The standard InChI is InChI=1S/C16H31NO3.C6H15N/c1-3-4-5-6-7-8-9-10-11-12-15(18)13-17-14(2)16(19)20;1-4-7(5-2)6-3/h14,17H,3-13H2,1-2H3,(H,19,20);4-6H2,1-3H3/t14-;/m0./s1. The molecule has 5 heteroatoms. The van der Waals surface area contributed by atoms with Crippen molar-refractivity contribution in [2.45, 2.75) is 105 Å². The first-order valence-corrected chi connectivity index (χ1v) is 11.1. The van der Waals surface area contributed by atoms with E-state index < -0.39 is 12.0 Å². The normalized spacial score (nSPS) is 11.8. The minimum atomic E-state index is -0.916. The Morgan fingerprint density at radius 1 is 0.815 bits per heavy atom. The van der Waals surface area contributed by atoms with Crippen molar-refractivity contribution in [1.82, 2.24) is 10.2 Å². The number of nitrogens with zero attached hydrogens (tertiary/aromatic N) is 1. The van der Waals surface area contributed by atoms with Gasteiger partial charge in [-0.15, -0.1) is 0 Å². The van der Waals surface area contributed by atoms with Crippen molar-refractivity contribution in [3.8, 4) is 0 Å². The summed E-state index contributed by atoms with van der Waals surface area (Å²) in [6, 6.07) is -0.651. The number of carbonyl (C=O) groups excluding carboxylic acids is 1. The molecule has 0 aliphatic heterocycles. The van der Waals surface area contributed by atoms with Crippen LogP contribution in [0, 0.1) is 0 Å².